The number of hydrogen-bond acceptors (Lipinski definition) is 4. The monoisotopic (exact) mass is 264 g/mol. The highest BCUT2D eigenvalue weighted by Gasteiger charge is 2.23. The van der Waals surface area contributed by atoms with Gasteiger partial charge in [-0.15, -0.1) is 0 Å². The standard InChI is InChI=1S/C15H24N2O2/c1-7-15(3,4)17(5)11-8-10(2)13(16)12(9-11)14(18)19-6/h8-9H,7,16H2,1-6H3. The third-order valence-electron chi connectivity index (χ3n) is 3.94. The van der Waals surface area contributed by atoms with Gasteiger partial charge in [-0.1, -0.05) is 6.92 Å². The molecule has 2 N–H and O–H groups in total. The largest absolute Gasteiger partial charge is 0.465 e. The second-order valence-corrected chi connectivity index (χ2v) is 5.44. The Bertz CT molecular complexity index is 481. The molecule has 0 saturated carbocycles. The number of ether oxygens (including phenoxy) is 1. The van der Waals surface area contributed by atoms with E-state index in [1.807, 2.05) is 20.0 Å². The van der Waals surface area contributed by atoms with E-state index in [4.69, 9.17) is 10.5 Å². The molecule has 0 radical (unpaired) electrons. The summed E-state index contributed by atoms with van der Waals surface area (Å²) >= 11 is 0. The third kappa shape index (κ3) is 3.00. The molecule has 0 bridgehead atoms. The minimum absolute atomic E-state index is 0.00987. The number of nitrogens with two attached hydrogens (primary N) is 1. The number of carbonyl (C=O) groups is 1. The van der Waals surface area contributed by atoms with Crippen molar-refractivity contribution in [2.75, 3.05) is 24.8 Å². The van der Waals surface area contributed by atoms with Gasteiger partial charge in [-0.25, -0.2) is 4.79 Å². The van der Waals surface area contributed by atoms with Crippen molar-refractivity contribution in [3.8, 4) is 0 Å². The lowest BCUT2D eigenvalue weighted by atomic mass is 9.97. The second-order valence-electron chi connectivity index (χ2n) is 5.44. The zero-order valence-electron chi connectivity index (χ0n) is 12.7. The van der Waals surface area contributed by atoms with Crippen LogP contribution in [0.5, 0.6) is 0 Å². The quantitative estimate of drug-likeness (QED) is 0.671. The molecule has 4 nitrogen and oxygen atoms in total. The van der Waals surface area contributed by atoms with Gasteiger partial charge in [0.05, 0.1) is 12.7 Å². The molecule has 0 amide bonds. The maximum atomic E-state index is 11.8. The molecule has 106 valence electrons. The van der Waals surface area contributed by atoms with Crippen molar-refractivity contribution in [3.63, 3.8) is 0 Å². The van der Waals surface area contributed by atoms with E-state index < -0.39 is 5.97 Å². The van der Waals surface area contributed by atoms with Crippen LogP contribution in [0.1, 0.15) is 43.1 Å². The average molecular weight is 264 g/mol. The molecule has 19 heavy (non-hydrogen) atoms. The summed E-state index contributed by atoms with van der Waals surface area (Å²) in [5.41, 5.74) is 8.73. The van der Waals surface area contributed by atoms with Gasteiger partial charge in [-0.3, -0.25) is 0 Å². The summed E-state index contributed by atoms with van der Waals surface area (Å²) in [6.07, 6.45) is 1.00. The summed E-state index contributed by atoms with van der Waals surface area (Å²) in [4.78, 5) is 13.9. The van der Waals surface area contributed by atoms with Crippen molar-refractivity contribution in [2.45, 2.75) is 39.7 Å². The smallest absolute Gasteiger partial charge is 0.340 e. The molecule has 0 aromatic heterocycles. The van der Waals surface area contributed by atoms with Crippen LogP contribution < -0.4 is 10.6 Å². The van der Waals surface area contributed by atoms with E-state index in [1.54, 1.807) is 6.07 Å². The first-order valence-electron chi connectivity index (χ1n) is 6.46. The third-order valence-corrected chi connectivity index (χ3v) is 3.94. The maximum absolute atomic E-state index is 11.8. The number of esters is 1. The van der Waals surface area contributed by atoms with Crippen molar-refractivity contribution in [3.05, 3.63) is 23.3 Å². The van der Waals surface area contributed by atoms with Crippen molar-refractivity contribution >= 4 is 17.3 Å². The van der Waals surface area contributed by atoms with Gasteiger partial charge in [0.1, 0.15) is 0 Å². The Morgan fingerprint density at radius 1 is 1.42 bits per heavy atom. The fourth-order valence-corrected chi connectivity index (χ4v) is 1.84. The van der Waals surface area contributed by atoms with E-state index in [9.17, 15) is 4.79 Å². The van der Waals surface area contributed by atoms with Crippen LogP contribution in [0.2, 0.25) is 0 Å². The molecule has 0 aliphatic rings. The van der Waals surface area contributed by atoms with Crippen LogP contribution in [0.15, 0.2) is 12.1 Å². The number of methoxy groups -OCH3 is 1. The lowest BCUT2D eigenvalue weighted by molar-refractivity contribution is 0.0602. The Kier molecular flexibility index (Phi) is 4.45. The van der Waals surface area contributed by atoms with Crippen LogP contribution in [-0.2, 0) is 4.74 Å². The molecular weight excluding hydrogens is 240 g/mol. The number of aryl methyl sites for hydroxylation is 1. The number of benzene rings is 1. The van der Waals surface area contributed by atoms with Gasteiger partial charge in [-0.2, -0.15) is 0 Å². The minimum Gasteiger partial charge on any atom is -0.465 e. The zero-order valence-corrected chi connectivity index (χ0v) is 12.7. The van der Waals surface area contributed by atoms with Crippen LogP contribution in [-0.4, -0.2) is 25.7 Å². The number of anilines is 2. The van der Waals surface area contributed by atoms with Crippen LogP contribution in [0.4, 0.5) is 11.4 Å². The number of hydrogen-bond donors (Lipinski definition) is 1. The first kappa shape index (κ1) is 15.3. The van der Waals surface area contributed by atoms with Crippen molar-refractivity contribution in [1.82, 2.24) is 0 Å². The number of nitrogen functional groups attached to an aromatic ring is 1. The highest BCUT2D eigenvalue weighted by molar-refractivity contribution is 5.97. The van der Waals surface area contributed by atoms with E-state index in [0.29, 0.717) is 11.3 Å². The Morgan fingerprint density at radius 3 is 2.47 bits per heavy atom. The molecule has 0 unspecified atom stereocenters. The minimum atomic E-state index is -0.398. The van der Waals surface area contributed by atoms with Crippen molar-refractivity contribution < 1.29 is 9.53 Å². The maximum Gasteiger partial charge on any atom is 0.340 e. The molecule has 0 aliphatic carbocycles. The van der Waals surface area contributed by atoms with Crippen LogP contribution in [0.25, 0.3) is 0 Å². The fourth-order valence-electron chi connectivity index (χ4n) is 1.84. The number of nitrogens with zero attached hydrogens (tertiary/aromatic N) is 1. The summed E-state index contributed by atoms with van der Waals surface area (Å²) in [5.74, 6) is -0.398. The van der Waals surface area contributed by atoms with Crippen LogP contribution in [0.3, 0.4) is 0 Å². The lowest BCUT2D eigenvalue weighted by Gasteiger charge is -2.37. The molecule has 0 saturated heterocycles. The molecule has 0 aliphatic heterocycles. The fraction of sp³-hybridized carbons (Fsp3) is 0.533. The Balaban J connectivity index is 3.32. The normalized spacial score (nSPS) is 11.3. The Labute approximate surface area is 115 Å². The number of carbonyl (C=O) groups excluding carboxylic acids is 1. The highest BCUT2D eigenvalue weighted by Crippen LogP contribution is 2.30. The summed E-state index contributed by atoms with van der Waals surface area (Å²) in [5, 5.41) is 0. The van der Waals surface area contributed by atoms with E-state index in [2.05, 4.69) is 25.7 Å². The second kappa shape index (κ2) is 5.51. The summed E-state index contributed by atoms with van der Waals surface area (Å²) in [6.45, 7) is 8.37. The van der Waals surface area contributed by atoms with Gasteiger partial charge >= 0.3 is 5.97 Å². The molecule has 0 fully saturated rings. The summed E-state index contributed by atoms with van der Waals surface area (Å²) in [7, 11) is 3.39. The molecule has 0 heterocycles. The van der Waals surface area contributed by atoms with E-state index in [1.165, 1.54) is 7.11 Å². The molecule has 1 aromatic rings. The lowest BCUT2D eigenvalue weighted by Crippen LogP contribution is -2.40. The zero-order chi connectivity index (χ0) is 14.8. The first-order chi connectivity index (χ1) is 8.74. The van der Waals surface area contributed by atoms with Gasteiger partial charge in [0.25, 0.3) is 0 Å². The van der Waals surface area contributed by atoms with Crippen LogP contribution in [0, 0.1) is 6.92 Å². The predicted octanol–water partition coefficient (Wildman–Crippen LogP) is 2.99. The van der Waals surface area contributed by atoms with Gasteiger partial charge < -0.3 is 15.4 Å². The average Bonchev–Trinajstić information content (AvgIpc) is 2.39. The van der Waals surface area contributed by atoms with Gasteiger partial charge in [0.15, 0.2) is 0 Å². The van der Waals surface area contributed by atoms with Gasteiger partial charge in [-0.05, 0) is 44.9 Å². The molecule has 1 rings (SSSR count). The molecule has 0 spiro atoms. The van der Waals surface area contributed by atoms with E-state index >= 15 is 0 Å². The highest BCUT2D eigenvalue weighted by atomic mass is 16.5. The summed E-state index contributed by atoms with van der Waals surface area (Å²) in [6, 6.07) is 3.80. The number of rotatable bonds is 4. The van der Waals surface area contributed by atoms with E-state index in [0.717, 1.165) is 17.7 Å². The Hall–Kier alpha value is -1.71. The predicted molar refractivity (Wildman–Crippen MR) is 79.7 cm³/mol. The topological polar surface area (TPSA) is 55.6 Å². The molecule has 4 heteroatoms. The van der Waals surface area contributed by atoms with Crippen molar-refractivity contribution in [1.29, 1.82) is 0 Å². The summed E-state index contributed by atoms with van der Waals surface area (Å²) < 4.78 is 4.78. The van der Waals surface area contributed by atoms with Gasteiger partial charge in [0.2, 0.25) is 0 Å². The Morgan fingerprint density at radius 2 is 2.00 bits per heavy atom. The van der Waals surface area contributed by atoms with Crippen LogP contribution >= 0.6 is 0 Å². The molecular formula is C15H24N2O2. The van der Waals surface area contributed by atoms with Gasteiger partial charge in [0, 0.05) is 24.0 Å². The molecule has 1 aromatic carbocycles. The molecule has 0 atom stereocenters. The van der Waals surface area contributed by atoms with Crippen molar-refractivity contribution in [2.24, 2.45) is 0 Å². The SMILES string of the molecule is CCC(C)(C)N(C)c1cc(C)c(N)c(C(=O)OC)c1. The first-order valence-corrected chi connectivity index (χ1v) is 6.46. The van der Waals surface area contributed by atoms with E-state index in [-0.39, 0.29) is 5.54 Å².